The predicted molar refractivity (Wildman–Crippen MR) is 83.2 cm³/mol. The molecule has 2 rings (SSSR count). The summed E-state index contributed by atoms with van der Waals surface area (Å²) in [5.41, 5.74) is -0.793. The van der Waals surface area contributed by atoms with Crippen LogP contribution >= 0.6 is 0 Å². The summed E-state index contributed by atoms with van der Waals surface area (Å²) in [5.74, 6) is -0.861. The van der Waals surface area contributed by atoms with E-state index in [1.54, 1.807) is 13.8 Å². The second kappa shape index (κ2) is 7.45. The number of ether oxygens (including phenoxy) is 3. The number of halogens is 3. The van der Waals surface area contributed by atoms with Crippen molar-refractivity contribution in [2.75, 3.05) is 19.8 Å². The van der Waals surface area contributed by atoms with Crippen molar-refractivity contribution in [3.8, 4) is 11.5 Å². The van der Waals surface area contributed by atoms with Crippen molar-refractivity contribution in [2.24, 2.45) is 0 Å². The molecular weight excluding hydrogens is 343 g/mol. The maximum Gasteiger partial charge on any atom is 0.422 e. The number of H-pyrrole nitrogens is 1. The van der Waals surface area contributed by atoms with Crippen molar-refractivity contribution in [1.29, 1.82) is 0 Å². The monoisotopic (exact) mass is 359 g/mol. The van der Waals surface area contributed by atoms with Crippen molar-refractivity contribution < 1.29 is 32.2 Å². The zero-order chi connectivity index (χ0) is 18.6. The highest BCUT2D eigenvalue weighted by atomic mass is 19.4. The number of hydrogen-bond acceptors (Lipinski definition) is 5. The molecule has 0 aliphatic rings. The van der Waals surface area contributed by atoms with Gasteiger partial charge >= 0.3 is 12.1 Å². The number of alkyl halides is 3. The quantitative estimate of drug-likeness (QED) is 0.802. The molecule has 0 saturated carbocycles. The van der Waals surface area contributed by atoms with Crippen molar-refractivity contribution in [3.63, 3.8) is 0 Å². The van der Waals surface area contributed by atoms with Gasteiger partial charge in [0.15, 0.2) is 12.0 Å². The molecule has 1 heterocycles. The van der Waals surface area contributed by atoms with Gasteiger partial charge in [0, 0.05) is 12.1 Å². The first-order chi connectivity index (χ1) is 11.7. The summed E-state index contributed by atoms with van der Waals surface area (Å²) in [4.78, 5) is 26.7. The Morgan fingerprint density at radius 3 is 2.44 bits per heavy atom. The Kier molecular flexibility index (Phi) is 5.55. The number of fused-ring (bicyclic) bond motifs is 1. The molecule has 2 aromatic rings. The number of carbonyl (C=O) groups is 1. The molecule has 0 unspecified atom stereocenters. The van der Waals surface area contributed by atoms with Gasteiger partial charge < -0.3 is 19.2 Å². The molecule has 0 saturated heterocycles. The first kappa shape index (κ1) is 18.6. The largest absolute Gasteiger partial charge is 0.494 e. The van der Waals surface area contributed by atoms with E-state index >= 15 is 0 Å². The Labute approximate surface area is 140 Å². The molecule has 6 nitrogen and oxygen atoms in total. The minimum absolute atomic E-state index is 0.0381. The molecule has 0 aliphatic heterocycles. The Morgan fingerprint density at radius 2 is 1.84 bits per heavy atom. The molecule has 0 spiro atoms. The van der Waals surface area contributed by atoms with Gasteiger partial charge in [-0.05, 0) is 19.9 Å². The Morgan fingerprint density at radius 1 is 1.12 bits per heavy atom. The summed E-state index contributed by atoms with van der Waals surface area (Å²) in [6, 6.07) is 3.61. The van der Waals surface area contributed by atoms with Crippen LogP contribution in [0.5, 0.6) is 11.5 Å². The van der Waals surface area contributed by atoms with E-state index in [-0.39, 0.29) is 41.3 Å². The van der Waals surface area contributed by atoms with E-state index in [9.17, 15) is 22.8 Å². The standard InChI is InChI=1S/C16H16F3NO5/c1-3-23-9-5-10-12(21)7-11(15(22)24-4-2)20-14(10)13(6-9)25-8-16(17,18)19/h5-7H,3-4,8H2,1-2H3,(H,20,21). The van der Waals surface area contributed by atoms with Crippen LogP contribution in [0.1, 0.15) is 24.3 Å². The van der Waals surface area contributed by atoms with Crippen LogP contribution in [0.15, 0.2) is 23.0 Å². The molecular formula is C16H16F3NO5. The molecule has 0 amide bonds. The molecule has 136 valence electrons. The van der Waals surface area contributed by atoms with Crippen molar-refractivity contribution in [3.05, 3.63) is 34.1 Å². The molecule has 1 aromatic heterocycles. The van der Waals surface area contributed by atoms with Gasteiger partial charge in [-0.25, -0.2) is 4.79 Å². The van der Waals surface area contributed by atoms with Crippen LogP contribution in [0.2, 0.25) is 0 Å². The summed E-state index contributed by atoms with van der Waals surface area (Å²) in [6.45, 7) is 2.06. The van der Waals surface area contributed by atoms with Gasteiger partial charge in [0.2, 0.25) is 0 Å². The second-order valence-electron chi connectivity index (χ2n) is 4.95. The van der Waals surface area contributed by atoms with Crippen LogP contribution in [0.25, 0.3) is 10.9 Å². The minimum atomic E-state index is -4.56. The molecule has 25 heavy (non-hydrogen) atoms. The average molecular weight is 359 g/mol. The van der Waals surface area contributed by atoms with E-state index in [1.165, 1.54) is 12.1 Å². The zero-order valence-electron chi connectivity index (χ0n) is 13.5. The fourth-order valence-electron chi connectivity index (χ4n) is 2.14. The third-order valence-electron chi connectivity index (χ3n) is 3.07. The van der Waals surface area contributed by atoms with E-state index < -0.39 is 24.2 Å². The normalized spacial score (nSPS) is 11.4. The van der Waals surface area contributed by atoms with Gasteiger partial charge in [-0.3, -0.25) is 4.79 Å². The second-order valence-corrected chi connectivity index (χ2v) is 4.95. The van der Waals surface area contributed by atoms with Crippen molar-refractivity contribution >= 4 is 16.9 Å². The zero-order valence-corrected chi connectivity index (χ0v) is 13.5. The highest BCUT2D eigenvalue weighted by Gasteiger charge is 2.29. The highest BCUT2D eigenvalue weighted by molar-refractivity contribution is 5.93. The smallest absolute Gasteiger partial charge is 0.422 e. The maximum absolute atomic E-state index is 12.5. The Hall–Kier alpha value is -2.71. The van der Waals surface area contributed by atoms with Crippen molar-refractivity contribution in [1.82, 2.24) is 4.98 Å². The van der Waals surface area contributed by atoms with Crippen LogP contribution in [0.4, 0.5) is 13.2 Å². The van der Waals surface area contributed by atoms with Gasteiger partial charge in [-0.2, -0.15) is 13.2 Å². The number of nitrogens with one attached hydrogen (secondary N) is 1. The summed E-state index contributed by atoms with van der Waals surface area (Å²) in [5, 5.41) is 0.0381. The Balaban J connectivity index is 2.59. The number of benzene rings is 1. The summed E-state index contributed by atoms with van der Waals surface area (Å²) in [7, 11) is 0. The van der Waals surface area contributed by atoms with Crippen LogP contribution in [-0.4, -0.2) is 37.0 Å². The Bertz CT molecular complexity index is 829. The van der Waals surface area contributed by atoms with E-state index in [2.05, 4.69) is 4.98 Å². The number of esters is 1. The number of carbonyl (C=O) groups excluding carboxylic acids is 1. The molecule has 1 aromatic carbocycles. The first-order valence-electron chi connectivity index (χ1n) is 7.45. The van der Waals surface area contributed by atoms with Gasteiger partial charge in [-0.1, -0.05) is 0 Å². The lowest BCUT2D eigenvalue weighted by molar-refractivity contribution is -0.153. The third-order valence-corrected chi connectivity index (χ3v) is 3.07. The summed E-state index contributed by atoms with van der Waals surface area (Å²) in [6.07, 6.45) is -4.56. The van der Waals surface area contributed by atoms with Crippen LogP contribution in [-0.2, 0) is 4.74 Å². The van der Waals surface area contributed by atoms with Crippen molar-refractivity contribution in [2.45, 2.75) is 20.0 Å². The molecule has 0 atom stereocenters. The van der Waals surface area contributed by atoms with E-state index in [0.717, 1.165) is 6.07 Å². The predicted octanol–water partition coefficient (Wildman–Crippen LogP) is 3.04. The molecule has 0 bridgehead atoms. The van der Waals surface area contributed by atoms with E-state index in [1.807, 2.05) is 0 Å². The number of aromatic nitrogens is 1. The number of rotatable bonds is 6. The van der Waals surface area contributed by atoms with Gasteiger partial charge in [0.05, 0.1) is 24.1 Å². The average Bonchev–Trinajstić information content (AvgIpc) is 2.53. The van der Waals surface area contributed by atoms with Crippen LogP contribution in [0.3, 0.4) is 0 Å². The number of aromatic amines is 1. The summed E-state index contributed by atoms with van der Waals surface area (Å²) < 4.78 is 52.3. The topological polar surface area (TPSA) is 77.6 Å². The van der Waals surface area contributed by atoms with Crippen LogP contribution in [0, 0.1) is 0 Å². The van der Waals surface area contributed by atoms with Gasteiger partial charge in [-0.15, -0.1) is 0 Å². The molecule has 1 N–H and O–H groups in total. The first-order valence-corrected chi connectivity index (χ1v) is 7.45. The maximum atomic E-state index is 12.5. The molecule has 0 radical (unpaired) electrons. The molecule has 9 heteroatoms. The lowest BCUT2D eigenvalue weighted by Crippen LogP contribution is -2.20. The van der Waals surface area contributed by atoms with Gasteiger partial charge in [0.25, 0.3) is 0 Å². The lowest BCUT2D eigenvalue weighted by atomic mass is 10.1. The van der Waals surface area contributed by atoms with E-state index in [4.69, 9.17) is 14.2 Å². The van der Waals surface area contributed by atoms with E-state index in [0.29, 0.717) is 0 Å². The molecule has 0 fully saturated rings. The lowest BCUT2D eigenvalue weighted by Gasteiger charge is -2.14. The third kappa shape index (κ3) is 4.65. The SMILES string of the molecule is CCOC(=O)c1cc(=O)c2cc(OCC)cc(OCC(F)(F)F)c2[nH]1. The number of hydrogen-bond donors (Lipinski definition) is 1. The summed E-state index contributed by atoms with van der Waals surface area (Å²) >= 11 is 0. The highest BCUT2D eigenvalue weighted by Crippen LogP contribution is 2.30. The minimum Gasteiger partial charge on any atom is -0.494 e. The fraction of sp³-hybridized carbons (Fsp3) is 0.375. The van der Waals surface area contributed by atoms with Gasteiger partial charge in [0.1, 0.15) is 17.2 Å². The number of pyridine rings is 1. The molecule has 0 aliphatic carbocycles. The fourth-order valence-corrected chi connectivity index (χ4v) is 2.14. The van der Waals surface area contributed by atoms with Crippen LogP contribution < -0.4 is 14.9 Å².